The number of methoxy groups -OCH3 is 2. The van der Waals surface area contributed by atoms with E-state index >= 15 is 0 Å². The molecule has 1 unspecified atom stereocenters. The monoisotopic (exact) mass is 511 g/mol. The van der Waals surface area contributed by atoms with Crippen LogP contribution in [0.25, 0.3) is 10.9 Å². The maximum atomic E-state index is 13.7. The van der Waals surface area contributed by atoms with Crippen molar-refractivity contribution in [2.24, 2.45) is 0 Å². The maximum absolute atomic E-state index is 13.7. The Kier molecular flexibility index (Phi) is 7.99. The summed E-state index contributed by atoms with van der Waals surface area (Å²) in [4.78, 5) is 18.1. The number of piperazine rings is 1. The Hall–Kier alpha value is -3.77. The molecular formula is C32H37N3O3. The molecule has 1 saturated heterocycles. The molecule has 0 bridgehead atoms. The van der Waals surface area contributed by atoms with Crippen molar-refractivity contribution in [3.05, 3.63) is 95.7 Å². The Labute approximate surface area is 225 Å². The first-order valence-corrected chi connectivity index (χ1v) is 13.4. The van der Waals surface area contributed by atoms with Crippen molar-refractivity contribution in [2.75, 3.05) is 46.9 Å². The van der Waals surface area contributed by atoms with Gasteiger partial charge in [-0.05, 0) is 41.4 Å². The van der Waals surface area contributed by atoms with E-state index in [1.54, 1.807) is 14.2 Å². The highest BCUT2D eigenvalue weighted by atomic mass is 16.5. The largest absolute Gasteiger partial charge is 0.493 e. The van der Waals surface area contributed by atoms with Gasteiger partial charge in [0.25, 0.3) is 0 Å². The Morgan fingerprint density at radius 1 is 0.868 bits per heavy atom. The fraction of sp³-hybridized carbons (Fsp3) is 0.344. The molecule has 1 aromatic heterocycles. The van der Waals surface area contributed by atoms with Crippen molar-refractivity contribution >= 4 is 16.8 Å². The number of aromatic nitrogens is 1. The van der Waals surface area contributed by atoms with Crippen molar-refractivity contribution in [3.63, 3.8) is 0 Å². The highest BCUT2D eigenvalue weighted by Gasteiger charge is 2.28. The van der Waals surface area contributed by atoms with Gasteiger partial charge in [0, 0.05) is 62.2 Å². The number of hydrogen-bond donors (Lipinski definition) is 0. The first kappa shape index (κ1) is 25.9. The minimum Gasteiger partial charge on any atom is -0.493 e. The lowest BCUT2D eigenvalue weighted by Crippen LogP contribution is -2.48. The molecule has 1 fully saturated rings. The molecule has 1 aliphatic rings. The quantitative estimate of drug-likeness (QED) is 0.302. The van der Waals surface area contributed by atoms with Crippen LogP contribution in [-0.4, -0.2) is 67.2 Å². The third-order valence-electron chi connectivity index (χ3n) is 7.75. The number of carbonyl (C=O) groups excluding carboxylic acids is 1. The smallest absolute Gasteiger partial charge is 0.223 e. The Morgan fingerprint density at radius 3 is 2.29 bits per heavy atom. The number of ether oxygens (including phenoxy) is 2. The van der Waals surface area contributed by atoms with Gasteiger partial charge in [0.2, 0.25) is 5.91 Å². The van der Waals surface area contributed by atoms with Crippen LogP contribution in [0, 0.1) is 0 Å². The summed E-state index contributed by atoms with van der Waals surface area (Å²) in [5, 5.41) is 1.17. The topological polar surface area (TPSA) is 46.9 Å². The standard InChI is InChI=1S/C32H37N3O3/c1-4-33-16-18-34(19-17-33)32(36)21-27(25-14-15-30(37-2)31(20-25)38-3)28-23-35(22-24-10-6-5-7-11-24)29-13-9-8-12-26(28)29/h5-15,20,23,27H,4,16-19,21-22H2,1-3H3. The summed E-state index contributed by atoms with van der Waals surface area (Å²) in [6.07, 6.45) is 2.64. The normalized spacial score (nSPS) is 15.0. The number of carbonyl (C=O) groups is 1. The number of para-hydroxylation sites is 1. The van der Waals surface area contributed by atoms with Gasteiger partial charge in [-0.25, -0.2) is 0 Å². The zero-order chi connectivity index (χ0) is 26.5. The molecule has 38 heavy (non-hydrogen) atoms. The number of nitrogens with zero attached hydrogens (tertiary/aromatic N) is 3. The average molecular weight is 512 g/mol. The predicted molar refractivity (Wildman–Crippen MR) is 152 cm³/mol. The van der Waals surface area contributed by atoms with Crippen LogP contribution in [-0.2, 0) is 11.3 Å². The van der Waals surface area contributed by atoms with Crippen LogP contribution in [0.4, 0.5) is 0 Å². The number of fused-ring (bicyclic) bond motifs is 1. The van der Waals surface area contributed by atoms with Crippen molar-refractivity contribution in [1.82, 2.24) is 14.4 Å². The lowest BCUT2D eigenvalue weighted by atomic mass is 9.87. The summed E-state index contributed by atoms with van der Waals surface area (Å²) < 4.78 is 13.5. The number of rotatable bonds is 9. The molecule has 3 aromatic carbocycles. The summed E-state index contributed by atoms with van der Waals surface area (Å²) in [5.41, 5.74) is 4.61. The molecule has 1 aliphatic heterocycles. The zero-order valence-corrected chi connectivity index (χ0v) is 22.6. The van der Waals surface area contributed by atoms with Gasteiger partial charge in [-0.3, -0.25) is 4.79 Å². The van der Waals surface area contributed by atoms with Crippen LogP contribution in [0.3, 0.4) is 0 Å². The van der Waals surface area contributed by atoms with Crippen molar-refractivity contribution < 1.29 is 14.3 Å². The summed E-state index contributed by atoms with van der Waals surface area (Å²) >= 11 is 0. The summed E-state index contributed by atoms with van der Waals surface area (Å²) in [6, 6.07) is 25.0. The minimum absolute atomic E-state index is 0.117. The second-order valence-electron chi connectivity index (χ2n) is 9.90. The second kappa shape index (κ2) is 11.7. The van der Waals surface area contributed by atoms with Crippen molar-refractivity contribution in [2.45, 2.75) is 25.8 Å². The van der Waals surface area contributed by atoms with Gasteiger partial charge in [-0.1, -0.05) is 61.5 Å². The van der Waals surface area contributed by atoms with Gasteiger partial charge in [-0.15, -0.1) is 0 Å². The van der Waals surface area contributed by atoms with Gasteiger partial charge in [-0.2, -0.15) is 0 Å². The highest BCUT2D eigenvalue weighted by Crippen LogP contribution is 2.39. The molecule has 2 heterocycles. The predicted octanol–water partition coefficient (Wildman–Crippen LogP) is 5.39. The molecule has 0 N–H and O–H groups in total. The molecule has 0 spiro atoms. The molecule has 0 aliphatic carbocycles. The van der Waals surface area contributed by atoms with E-state index in [9.17, 15) is 4.79 Å². The lowest BCUT2D eigenvalue weighted by Gasteiger charge is -2.35. The minimum atomic E-state index is -0.117. The van der Waals surface area contributed by atoms with Crippen LogP contribution in [0.15, 0.2) is 79.0 Å². The first-order chi connectivity index (χ1) is 18.6. The maximum Gasteiger partial charge on any atom is 0.223 e. The highest BCUT2D eigenvalue weighted by molar-refractivity contribution is 5.87. The number of hydrogen-bond acceptors (Lipinski definition) is 4. The Bertz CT molecular complexity index is 1370. The molecule has 1 amide bonds. The van der Waals surface area contributed by atoms with Crippen molar-refractivity contribution in [1.29, 1.82) is 0 Å². The Balaban J connectivity index is 1.55. The van der Waals surface area contributed by atoms with Crippen molar-refractivity contribution in [3.8, 4) is 11.5 Å². The zero-order valence-electron chi connectivity index (χ0n) is 22.6. The van der Waals surface area contributed by atoms with E-state index in [2.05, 4.69) is 77.2 Å². The molecule has 5 rings (SSSR count). The van der Waals surface area contributed by atoms with E-state index in [1.807, 2.05) is 23.1 Å². The van der Waals surface area contributed by atoms with E-state index in [0.717, 1.165) is 50.4 Å². The number of likely N-dealkylation sites (N-methyl/N-ethyl adjacent to an activating group) is 1. The van der Waals surface area contributed by atoms with Gasteiger partial charge >= 0.3 is 0 Å². The Morgan fingerprint density at radius 2 is 1.58 bits per heavy atom. The third-order valence-corrected chi connectivity index (χ3v) is 7.75. The van der Waals surface area contributed by atoms with Gasteiger partial charge < -0.3 is 23.8 Å². The van der Waals surface area contributed by atoms with E-state index in [1.165, 1.54) is 16.5 Å². The molecule has 4 aromatic rings. The SMILES string of the molecule is CCN1CCN(C(=O)CC(c2ccc(OC)c(OC)c2)c2cn(Cc3ccccc3)c3ccccc23)CC1. The molecule has 0 saturated carbocycles. The van der Waals surface area contributed by atoms with Crippen LogP contribution >= 0.6 is 0 Å². The van der Waals surface area contributed by atoms with Gasteiger partial charge in [0.1, 0.15) is 0 Å². The molecule has 6 heteroatoms. The van der Waals surface area contributed by atoms with Crippen LogP contribution < -0.4 is 9.47 Å². The van der Waals surface area contributed by atoms with Gasteiger partial charge in [0.15, 0.2) is 11.5 Å². The summed E-state index contributed by atoms with van der Waals surface area (Å²) in [5.74, 6) is 1.43. The van der Waals surface area contributed by atoms with E-state index in [0.29, 0.717) is 17.9 Å². The van der Waals surface area contributed by atoms with E-state index in [-0.39, 0.29) is 11.8 Å². The van der Waals surface area contributed by atoms with E-state index in [4.69, 9.17) is 9.47 Å². The van der Waals surface area contributed by atoms with Gasteiger partial charge in [0.05, 0.1) is 14.2 Å². The van der Waals surface area contributed by atoms with Crippen LogP contribution in [0.5, 0.6) is 11.5 Å². The summed E-state index contributed by atoms with van der Waals surface area (Å²) in [6.45, 7) is 7.39. The fourth-order valence-corrected chi connectivity index (χ4v) is 5.56. The molecule has 6 nitrogen and oxygen atoms in total. The van der Waals surface area contributed by atoms with Crippen LogP contribution in [0.2, 0.25) is 0 Å². The summed E-state index contributed by atoms with van der Waals surface area (Å²) in [7, 11) is 3.30. The van der Waals surface area contributed by atoms with E-state index < -0.39 is 0 Å². The molecule has 1 atom stereocenters. The third kappa shape index (κ3) is 5.41. The number of benzene rings is 3. The molecular weight excluding hydrogens is 474 g/mol. The first-order valence-electron chi connectivity index (χ1n) is 13.4. The average Bonchev–Trinajstić information content (AvgIpc) is 3.33. The fourth-order valence-electron chi connectivity index (χ4n) is 5.56. The molecule has 198 valence electrons. The lowest BCUT2D eigenvalue weighted by molar-refractivity contribution is -0.133. The van der Waals surface area contributed by atoms with Crippen LogP contribution in [0.1, 0.15) is 36.0 Å². The number of amides is 1. The molecule has 0 radical (unpaired) electrons. The second-order valence-corrected chi connectivity index (χ2v) is 9.90.